The molecule has 0 radical (unpaired) electrons. The lowest BCUT2D eigenvalue weighted by atomic mass is 9.92. The number of hydrogen-bond donors (Lipinski definition) is 2. The van der Waals surface area contributed by atoms with E-state index in [0.717, 1.165) is 6.42 Å². The van der Waals surface area contributed by atoms with Gasteiger partial charge in [-0.2, -0.15) is 0 Å². The van der Waals surface area contributed by atoms with Crippen LogP contribution in [0.3, 0.4) is 0 Å². The molecule has 0 heterocycles. The first-order chi connectivity index (χ1) is 6.72. The van der Waals surface area contributed by atoms with Gasteiger partial charge in [0, 0.05) is 13.0 Å². The molecule has 0 aromatic carbocycles. The minimum absolute atomic E-state index is 0.0550. The molecular formula is C11H21NO3. The number of aliphatic carboxylic acids is 1. The summed E-state index contributed by atoms with van der Waals surface area (Å²) in [6.07, 6.45) is 0.944. The summed E-state index contributed by atoms with van der Waals surface area (Å²) in [5, 5.41) is 11.3. The molecule has 0 spiro atoms. The molecule has 88 valence electrons. The number of nitrogens with one attached hydrogen (secondary N) is 1. The quantitative estimate of drug-likeness (QED) is 0.732. The van der Waals surface area contributed by atoms with Crippen LogP contribution in [0.5, 0.6) is 0 Å². The molecule has 1 amide bonds. The standard InChI is InChI=1S/C11H21NO3/c1-8(10(14)15)7-9(13)12-6-5-11(2,3)4/h8H,5-7H2,1-4H3,(H,12,13)(H,14,15). The van der Waals surface area contributed by atoms with Crippen LogP contribution < -0.4 is 5.32 Å². The fourth-order valence-corrected chi connectivity index (χ4v) is 1.01. The van der Waals surface area contributed by atoms with Crippen molar-refractivity contribution in [3.05, 3.63) is 0 Å². The molecule has 0 bridgehead atoms. The Morgan fingerprint density at radius 1 is 1.33 bits per heavy atom. The summed E-state index contributed by atoms with van der Waals surface area (Å²) in [6, 6.07) is 0. The van der Waals surface area contributed by atoms with E-state index in [4.69, 9.17) is 5.11 Å². The summed E-state index contributed by atoms with van der Waals surface area (Å²) in [5.41, 5.74) is 0.186. The molecule has 0 aromatic heterocycles. The number of hydrogen-bond acceptors (Lipinski definition) is 2. The average molecular weight is 215 g/mol. The van der Waals surface area contributed by atoms with Gasteiger partial charge < -0.3 is 10.4 Å². The van der Waals surface area contributed by atoms with Crippen LogP contribution in [0.15, 0.2) is 0 Å². The van der Waals surface area contributed by atoms with E-state index in [1.54, 1.807) is 0 Å². The summed E-state index contributed by atoms with van der Waals surface area (Å²) in [6.45, 7) is 8.43. The Kier molecular flexibility index (Phi) is 5.33. The smallest absolute Gasteiger partial charge is 0.306 e. The topological polar surface area (TPSA) is 66.4 Å². The average Bonchev–Trinajstić information content (AvgIpc) is 2.01. The van der Waals surface area contributed by atoms with Crippen LogP contribution in [0.2, 0.25) is 0 Å². The van der Waals surface area contributed by atoms with Crippen molar-refractivity contribution < 1.29 is 14.7 Å². The van der Waals surface area contributed by atoms with Gasteiger partial charge in [0.1, 0.15) is 0 Å². The third-order valence-electron chi connectivity index (χ3n) is 2.11. The molecule has 0 rings (SSSR count). The third-order valence-corrected chi connectivity index (χ3v) is 2.11. The van der Waals surface area contributed by atoms with Gasteiger partial charge in [-0.05, 0) is 11.8 Å². The minimum Gasteiger partial charge on any atom is -0.481 e. The summed E-state index contributed by atoms with van der Waals surface area (Å²) in [7, 11) is 0. The summed E-state index contributed by atoms with van der Waals surface area (Å²) in [4.78, 5) is 21.8. The molecule has 1 unspecified atom stereocenters. The van der Waals surface area contributed by atoms with Gasteiger partial charge in [-0.3, -0.25) is 9.59 Å². The predicted octanol–water partition coefficient (Wildman–Crippen LogP) is 1.65. The highest BCUT2D eigenvalue weighted by atomic mass is 16.4. The van der Waals surface area contributed by atoms with Crippen molar-refractivity contribution in [1.29, 1.82) is 0 Å². The summed E-state index contributed by atoms with van der Waals surface area (Å²) in [5.74, 6) is -1.73. The van der Waals surface area contributed by atoms with Crippen LogP contribution in [-0.4, -0.2) is 23.5 Å². The molecule has 0 saturated heterocycles. The van der Waals surface area contributed by atoms with E-state index in [9.17, 15) is 9.59 Å². The van der Waals surface area contributed by atoms with Crippen molar-refractivity contribution >= 4 is 11.9 Å². The van der Waals surface area contributed by atoms with Gasteiger partial charge in [0.05, 0.1) is 5.92 Å². The van der Waals surface area contributed by atoms with Crippen molar-refractivity contribution in [3.63, 3.8) is 0 Å². The number of rotatable bonds is 5. The number of carbonyl (C=O) groups excluding carboxylic acids is 1. The minimum atomic E-state index is -0.930. The maximum Gasteiger partial charge on any atom is 0.306 e. The normalized spacial score (nSPS) is 13.3. The second-order valence-corrected chi connectivity index (χ2v) is 5.10. The highest BCUT2D eigenvalue weighted by Crippen LogP contribution is 2.16. The van der Waals surface area contributed by atoms with Crippen molar-refractivity contribution in [2.45, 2.75) is 40.5 Å². The van der Waals surface area contributed by atoms with Gasteiger partial charge in [-0.1, -0.05) is 27.7 Å². The largest absolute Gasteiger partial charge is 0.481 e. The number of amides is 1. The highest BCUT2D eigenvalue weighted by molar-refractivity contribution is 5.81. The molecule has 0 aromatic rings. The van der Waals surface area contributed by atoms with Crippen LogP contribution in [0.25, 0.3) is 0 Å². The summed E-state index contributed by atoms with van der Waals surface area (Å²) < 4.78 is 0. The summed E-state index contributed by atoms with van der Waals surface area (Å²) >= 11 is 0. The predicted molar refractivity (Wildman–Crippen MR) is 58.5 cm³/mol. The Labute approximate surface area is 91.1 Å². The first-order valence-corrected chi connectivity index (χ1v) is 5.22. The molecule has 1 atom stereocenters. The second-order valence-electron chi connectivity index (χ2n) is 5.10. The Balaban J connectivity index is 3.72. The Morgan fingerprint density at radius 2 is 1.87 bits per heavy atom. The molecule has 0 aliphatic carbocycles. The van der Waals surface area contributed by atoms with Crippen LogP contribution >= 0.6 is 0 Å². The molecule has 0 aliphatic rings. The van der Waals surface area contributed by atoms with E-state index in [1.165, 1.54) is 6.92 Å². The molecule has 4 heteroatoms. The monoisotopic (exact) mass is 215 g/mol. The third kappa shape index (κ3) is 7.97. The Bertz CT molecular complexity index is 230. The molecule has 2 N–H and O–H groups in total. The van der Waals surface area contributed by atoms with Crippen LogP contribution in [0.1, 0.15) is 40.5 Å². The molecule has 15 heavy (non-hydrogen) atoms. The van der Waals surface area contributed by atoms with Gasteiger partial charge in [-0.15, -0.1) is 0 Å². The zero-order valence-electron chi connectivity index (χ0n) is 9.96. The van der Waals surface area contributed by atoms with Crippen molar-refractivity contribution in [3.8, 4) is 0 Å². The fraction of sp³-hybridized carbons (Fsp3) is 0.818. The first kappa shape index (κ1) is 13.9. The molecule has 0 fully saturated rings. The van der Waals surface area contributed by atoms with Crippen LogP contribution in [0, 0.1) is 11.3 Å². The van der Waals surface area contributed by atoms with Gasteiger partial charge in [0.25, 0.3) is 0 Å². The van der Waals surface area contributed by atoms with Crippen molar-refractivity contribution in [1.82, 2.24) is 5.32 Å². The van der Waals surface area contributed by atoms with E-state index in [1.807, 2.05) is 0 Å². The number of carboxylic acid groups (broad SMARTS) is 1. The van der Waals surface area contributed by atoms with Gasteiger partial charge in [0.2, 0.25) is 5.91 Å². The Hall–Kier alpha value is -1.06. The maximum absolute atomic E-state index is 11.3. The fourth-order valence-electron chi connectivity index (χ4n) is 1.01. The lowest BCUT2D eigenvalue weighted by Gasteiger charge is -2.18. The van der Waals surface area contributed by atoms with E-state index in [0.29, 0.717) is 6.54 Å². The number of carbonyl (C=O) groups is 2. The Morgan fingerprint density at radius 3 is 2.27 bits per heavy atom. The molecule has 4 nitrogen and oxygen atoms in total. The van der Waals surface area contributed by atoms with Gasteiger partial charge in [0.15, 0.2) is 0 Å². The number of carboxylic acids is 1. The molecule has 0 aliphatic heterocycles. The second kappa shape index (κ2) is 5.73. The van der Waals surface area contributed by atoms with Gasteiger partial charge >= 0.3 is 5.97 Å². The van der Waals surface area contributed by atoms with Crippen LogP contribution in [-0.2, 0) is 9.59 Å². The van der Waals surface area contributed by atoms with Gasteiger partial charge in [-0.25, -0.2) is 0 Å². The lowest BCUT2D eigenvalue weighted by Crippen LogP contribution is -2.29. The zero-order chi connectivity index (χ0) is 12.1. The SMILES string of the molecule is CC(CC(=O)NCCC(C)(C)C)C(=O)O. The maximum atomic E-state index is 11.3. The first-order valence-electron chi connectivity index (χ1n) is 5.22. The lowest BCUT2D eigenvalue weighted by molar-refractivity contribution is -0.143. The van der Waals surface area contributed by atoms with Crippen molar-refractivity contribution in [2.24, 2.45) is 11.3 Å². The molecular weight excluding hydrogens is 194 g/mol. The van der Waals surface area contributed by atoms with E-state index >= 15 is 0 Å². The zero-order valence-corrected chi connectivity index (χ0v) is 9.96. The van der Waals surface area contributed by atoms with Crippen LogP contribution in [0.4, 0.5) is 0 Å². The van der Waals surface area contributed by atoms with E-state index in [-0.39, 0.29) is 17.7 Å². The van der Waals surface area contributed by atoms with E-state index in [2.05, 4.69) is 26.1 Å². The van der Waals surface area contributed by atoms with E-state index < -0.39 is 11.9 Å². The van der Waals surface area contributed by atoms with Crippen molar-refractivity contribution in [2.75, 3.05) is 6.54 Å². The molecule has 0 saturated carbocycles. The highest BCUT2D eigenvalue weighted by Gasteiger charge is 2.16.